The highest BCUT2D eigenvalue weighted by Gasteiger charge is 2.26. The van der Waals surface area contributed by atoms with Crippen molar-refractivity contribution in [3.63, 3.8) is 0 Å². The van der Waals surface area contributed by atoms with Crippen LogP contribution in [-0.2, 0) is 4.74 Å². The van der Waals surface area contributed by atoms with Gasteiger partial charge in [0.15, 0.2) is 5.65 Å². The maximum atomic E-state index is 5.53. The van der Waals surface area contributed by atoms with Crippen LogP contribution in [0.5, 0.6) is 0 Å². The number of para-hydroxylation sites is 1. The van der Waals surface area contributed by atoms with E-state index < -0.39 is 0 Å². The Kier molecular flexibility index (Phi) is 5.00. The summed E-state index contributed by atoms with van der Waals surface area (Å²) in [5, 5.41) is 5.79. The van der Waals surface area contributed by atoms with Crippen molar-refractivity contribution in [2.24, 2.45) is 0 Å². The number of anilines is 1. The van der Waals surface area contributed by atoms with Crippen molar-refractivity contribution >= 4 is 22.2 Å². The number of nitrogens with zero attached hydrogens (tertiary/aromatic N) is 6. The van der Waals surface area contributed by atoms with E-state index in [-0.39, 0.29) is 0 Å². The van der Waals surface area contributed by atoms with E-state index >= 15 is 0 Å². The zero-order valence-electron chi connectivity index (χ0n) is 18.4. The molecule has 0 radical (unpaired) electrons. The zero-order valence-corrected chi connectivity index (χ0v) is 18.4. The Morgan fingerprint density at radius 3 is 2.62 bits per heavy atom. The fraction of sp³-hybridized carbons (Fsp3) is 0.400. The summed E-state index contributed by atoms with van der Waals surface area (Å²) in [6, 6.07) is 11.1. The van der Waals surface area contributed by atoms with E-state index in [2.05, 4.69) is 50.3 Å². The molecule has 0 aliphatic carbocycles. The highest BCUT2D eigenvalue weighted by atomic mass is 16.5. The Balaban J connectivity index is 1.27. The summed E-state index contributed by atoms with van der Waals surface area (Å²) in [7, 11) is 0. The number of aromatic nitrogens is 4. The molecule has 0 saturated carbocycles. The molecule has 2 fully saturated rings. The van der Waals surface area contributed by atoms with Gasteiger partial charge in [-0.15, -0.1) is 0 Å². The van der Waals surface area contributed by atoms with Crippen LogP contribution in [-0.4, -0.2) is 69.9 Å². The molecule has 7 heteroatoms. The van der Waals surface area contributed by atoms with Gasteiger partial charge in [-0.2, -0.15) is 5.10 Å². The summed E-state index contributed by atoms with van der Waals surface area (Å²) in [5.41, 5.74) is 6.19. The minimum atomic E-state index is 0.679. The SMILES string of the molecule is Cc1cc(-c2cnn3cc(N4CCN(C5CCOCC5)CC4)cnc23)c2ccccc2n1. The molecular formula is C25H28N6O. The molecule has 6 rings (SSSR count). The standard InChI is InChI=1S/C25H28N6O/c1-18-14-22(21-4-2-3-5-24(21)28-18)23-16-27-31-17-20(15-26-25(23)31)30-10-8-29(9-11-30)19-6-12-32-13-7-19/h2-5,14-17,19H,6-13H2,1H3. The maximum absolute atomic E-state index is 5.53. The molecule has 0 atom stereocenters. The Hall–Kier alpha value is -3.03. The van der Waals surface area contributed by atoms with Gasteiger partial charge < -0.3 is 9.64 Å². The molecular weight excluding hydrogens is 400 g/mol. The van der Waals surface area contributed by atoms with Crippen LogP contribution in [0.15, 0.2) is 48.9 Å². The lowest BCUT2D eigenvalue weighted by atomic mass is 10.0. The van der Waals surface area contributed by atoms with Crippen LogP contribution in [0, 0.1) is 6.92 Å². The van der Waals surface area contributed by atoms with Gasteiger partial charge in [0.1, 0.15) is 0 Å². The first-order valence-corrected chi connectivity index (χ1v) is 11.5. The number of aryl methyl sites for hydroxylation is 1. The predicted octanol–water partition coefficient (Wildman–Crippen LogP) is 3.55. The lowest BCUT2D eigenvalue weighted by Gasteiger charge is -2.41. The van der Waals surface area contributed by atoms with Gasteiger partial charge in [0.05, 0.1) is 29.8 Å². The molecule has 0 amide bonds. The average Bonchev–Trinajstić information content (AvgIpc) is 3.27. The molecule has 3 aromatic heterocycles. The van der Waals surface area contributed by atoms with E-state index in [1.54, 1.807) is 0 Å². The van der Waals surface area contributed by atoms with Gasteiger partial charge in [-0.1, -0.05) is 18.2 Å². The maximum Gasteiger partial charge on any atom is 0.162 e. The Morgan fingerprint density at radius 1 is 0.969 bits per heavy atom. The third-order valence-electron chi connectivity index (χ3n) is 6.86. The molecule has 164 valence electrons. The van der Waals surface area contributed by atoms with Crippen LogP contribution < -0.4 is 4.90 Å². The van der Waals surface area contributed by atoms with E-state index in [9.17, 15) is 0 Å². The van der Waals surface area contributed by atoms with Crippen molar-refractivity contribution in [1.29, 1.82) is 0 Å². The van der Waals surface area contributed by atoms with Crippen LogP contribution in [0.2, 0.25) is 0 Å². The molecule has 0 N–H and O–H groups in total. The van der Waals surface area contributed by atoms with Crippen LogP contribution in [0.25, 0.3) is 27.7 Å². The molecule has 2 aliphatic rings. The summed E-state index contributed by atoms with van der Waals surface area (Å²) in [6.07, 6.45) is 8.36. The largest absolute Gasteiger partial charge is 0.381 e. The van der Waals surface area contributed by atoms with Crippen LogP contribution >= 0.6 is 0 Å². The lowest BCUT2D eigenvalue weighted by molar-refractivity contribution is 0.0321. The van der Waals surface area contributed by atoms with E-state index in [4.69, 9.17) is 9.72 Å². The minimum Gasteiger partial charge on any atom is -0.381 e. The molecule has 0 unspecified atom stereocenters. The third-order valence-corrected chi connectivity index (χ3v) is 6.86. The molecule has 0 bridgehead atoms. The molecule has 7 nitrogen and oxygen atoms in total. The van der Waals surface area contributed by atoms with Crippen molar-refractivity contribution in [1.82, 2.24) is 24.5 Å². The third kappa shape index (κ3) is 3.51. The van der Waals surface area contributed by atoms with Gasteiger partial charge >= 0.3 is 0 Å². The van der Waals surface area contributed by atoms with Crippen molar-refractivity contribution in [3.05, 3.63) is 54.6 Å². The van der Waals surface area contributed by atoms with E-state index in [0.29, 0.717) is 6.04 Å². The number of benzene rings is 1. The molecule has 0 spiro atoms. The summed E-state index contributed by atoms with van der Waals surface area (Å²) >= 11 is 0. The summed E-state index contributed by atoms with van der Waals surface area (Å²) in [4.78, 5) is 14.6. The number of piperazine rings is 1. The molecule has 5 heterocycles. The lowest BCUT2D eigenvalue weighted by Crippen LogP contribution is -2.51. The first-order valence-electron chi connectivity index (χ1n) is 11.5. The Morgan fingerprint density at radius 2 is 1.78 bits per heavy atom. The highest BCUT2D eigenvalue weighted by Crippen LogP contribution is 2.31. The number of rotatable bonds is 3. The van der Waals surface area contributed by atoms with Crippen molar-refractivity contribution in [3.8, 4) is 11.1 Å². The number of hydrogen-bond acceptors (Lipinski definition) is 6. The quantitative estimate of drug-likeness (QED) is 0.497. The van der Waals surface area contributed by atoms with Crippen molar-refractivity contribution < 1.29 is 4.74 Å². The monoisotopic (exact) mass is 428 g/mol. The smallest absolute Gasteiger partial charge is 0.162 e. The average molecular weight is 429 g/mol. The first-order chi connectivity index (χ1) is 15.8. The highest BCUT2D eigenvalue weighted by molar-refractivity contribution is 5.98. The normalized spacial score (nSPS) is 18.6. The van der Waals surface area contributed by atoms with E-state index in [1.807, 2.05) is 29.9 Å². The van der Waals surface area contributed by atoms with Gasteiger partial charge in [-0.05, 0) is 37.5 Å². The minimum absolute atomic E-state index is 0.679. The molecule has 32 heavy (non-hydrogen) atoms. The fourth-order valence-electron chi connectivity index (χ4n) is 5.14. The molecule has 4 aromatic rings. The second-order valence-electron chi connectivity index (χ2n) is 8.83. The van der Waals surface area contributed by atoms with Gasteiger partial charge in [-0.3, -0.25) is 9.88 Å². The van der Waals surface area contributed by atoms with Crippen LogP contribution in [0.4, 0.5) is 5.69 Å². The number of ether oxygens (including phenoxy) is 1. The van der Waals surface area contributed by atoms with Crippen molar-refractivity contribution in [2.45, 2.75) is 25.8 Å². The van der Waals surface area contributed by atoms with Gasteiger partial charge in [0.2, 0.25) is 0 Å². The van der Waals surface area contributed by atoms with Crippen LogP contribution in [0.1, 0.15) is 18.5 Å². The second kappa shape index (κ2) is 8.15. The van der Waals surface area contributed by atoms with Crippen LogP contribution in [0.3, 0.4) is 0 Å². The van der Waals surface area contributed by atoms with E-state index in [0.717, 1.165) is 91.3 Å². The fourth-order valence-corrected chi connectivity index (χ4v) is 5.14. The molecule has 2 saturated heterocycles. The van der Waals surface area contributed by atoms with Gasteiger partial charge in [0.25, 0.3) is 0 Å². The van der Waals surface area contributed by atoms with Gasteiger partial charge in [0, 0.05) is 62.1 Å². The summed E-state index contributed by atoms with van der Waals surface area (Å²) in [5.74, 6) is 0. The number of fused-ring (bicyclic) bond motifs is 2. The number of pyridine rings is 1. The Bertz CT molecular complexity index is 1250. The Labute approximate surface area is 187 Å². The number of hydrogen-bond donors (Lipinski definition) is 0. The first kappa shape index (κ1) is 19.6. The molecule has 1 aromatic carbocycles. The van der Waals surface area contributed by atoms with E-state index in [1.165, 1.54) is 0 Å². The predicted molar refractivity (Wildman–Crippen MR) is 126 cm³/mol. The molecule has 2 aliphatic heterocycles. The van der Waals surface area contributed by atoms with Gasteiger partial charge in [-0.25, -0.2) is 9.50 Å². The zero-order chi connectivity index (χ0) is 21.5. The topological polar surface area (TPSA) is 58.8 Å². The summed E-state index contributed by atoms with van der Waals surface area (Å²) in [6.45, 7) is 8.07. The second-order valence-corrected chi connectivity index (χ2v) is 8.83. The summed E-state index contributed by atoms with van der Waals surface area (Å²) < 4.78 is 7.44. The van der Waals surface area contributed by atoms with Crippen molar-refractivity contribution in [2.75, 3.05) is 44.3 Å².